The van der Waals surface area contributed by atoms with E-state index in [0.29, 0.717) is 12.1 Å². The number of methoxy groups -OCH3 is 1. The summed E-state index contributed by atoms with van der Waals surface area (Å²) in [7, 11) is 1.12. The van der Waals surface area contributed by atoms with Gasteiger partial charge in [0, 0.05) is 5.56 Å². The fourth-order valence-electron chi connectivity index (χ4n) is 1.03. The highest BCUT2D eigenvalue weighted by molar-refractivity contribution is 5.36. The molecule has 1 aromatic rings. The molecule has 0 aliphatic carbocycles. The Kier molecular flexibility index (Phi) is 3.16. The van der Waals surface area contributed by atoms with Gasteiger partial charge in [-0.2, -0.15) is 13.2 Å². The van der Waals surface area contributed by atoms with E-state index in [4.69, 9.17) is 0 Å². The van der Waals surface area contributed by atoms with Gasteiger partial charge in [-0.15, -0.1) is 0 Å². The summed E-state index contributed by atoms with van der Waals surface area (Å²) in [5.74, 6) is -0.236. The van der Waals surface area contributed by atoms with Gasteiger partial charge in [0.05, 0.1) is 12.7 Å². The van der Waals surface area contributed by atoms with E-state index >= 15 is 0 Å². The Morgan fingerprint density at radius 1 is 1.13 bits per heavy atom. The Labute approximate surface area is 82.5 Å². The maximum Gasteiger partial charge on any atom is 0.416 e. The van der Waals surface area contributed by atoms with Crippen LogP contribution in [0.2, 0.25) is 0 Å². The maximum atomic E-state index is 12.2. The molecule has 0 saturated heterocycles. The molecule has 0 bridgehead atoms. The summed E-state index contributed by atoms with van der Waals surface area (Å²) >= 11 is 0. The van der Waals surface area contributed by atoms with Crippen molar-refractivity contribution in [3.05, 3.63) is 29.3 Å². The fraction of sp³-hybridized carbons (Fsp3) is 0.333. The molecule has 15 heavy (non-hydrogen) atoms. The van der Waals surface area contributed by atoms with Crippen molar-refractivity contribution in [2.75, 3.05) is 7.11 Å². The van der Waals surface area contributed by atoms with Gasteiger partial charge in [0.15, 0.2) is 0 Å². The number of ether oxygens (including phenoxy) is 1. The van der Waals surface area contributed by atoms with Crippen molar-refractivity contribution >= 4 is 0 Å². The summed E-state index contributed by atoms with van der Waals surface area (Å²) in [6, 6.07) is 1.96. The standard InChI is InChI=1S/C9H7F5O/c1-15-7-3-5(8(10)11)2-6(4-7)9(12,13)14/h2-4,8H,1H3. The van der Waals surface area contributed by atoms with E-state index in [-0.39, 0.29) is 5.75 Å². The normalized spacial score (nSPS) is 11.9. The minimum atomic E-state index is -4.65. The van der Waals surface area contributed by atoms with Crippen LogP contribution in [0.1, 0.15) is 17.6 Å². The lowest BCUT2D eigenvalue weighted by molar-refractivity contribution is -0.137. The predicted octanol–water partition coefficient (Wildman–Crippen LogP) is 3.65. The van der Waals surface area contributed by atoms with Crippen molar-refractivity contribution in [2.45, 2.75) is 12.6 Å². The molecule has 1 nitrogen and oxygen atoms in total. The molecule has 0 unspecified atom stereocenters. The molecule has 0 atom stereocenters. The zero-order valence-electron chi connectivity index (χ0n) is 7.61. The minimum Gasteiger partial charge on any atom is -0.497 e. The fourth-order valence-corrected chi connectivity index (χ4v) is 1.03. The molecular formula is C9H7F5O. The summed E-state index contributed by atoms with van der Waals surface area (Å²) in [6.07, 6.45) is -7.61. The van der Waals surface area contributed by atoms with Gasteiger partial charge in [0.25, 0.3) is 6.43 Å². The molecule has 0 aliphatic rings. The minimum absolute atomic E-state index is 0.236. The number of alkyl halides is 5. The van der Waals surface area contributed by atoms with Gasteiger partial charge < -0.3 is 4.74 Å². The van der Waals surface area contributed by atoms with Crippen molar-refractivity contribution in [3.8, 4) is 5.75 Å². The van der Waals surface area contributed by atoms with Crippen molar-refractivity contribution in [1.82, 2.24) is 0 Å². The summed E-state index contributed by atoms with van der Waals surface area (Å²) < 4.78 is 65.7. The lowest BCUT2D eigenvalue weighted by atomic mass is 10.1. The van der Waals surface area contributed by atoms with Crippen LogP contribution in [0.15, 0.2) is 18.2 Å². The third-order valence-electron chi connectivity index (χ3n) is 1.74. The van der Waals surface area contributed by atoms with Gasteiger partial charge in [-0.3, -0.25) is 0 Å². The Morgan fingerprint density at radius 2 is 1.73 bits per heavy atom. The number of hydrogen-bond acceptors (Lipinski definition) is 1. The zero-order valence-corrected chi connectivity index (χ0v) is 7.61. The van der Waals surface area contributed by atoms with Crippen LogP contribution in [0.25, 0.3) is 0 Å². The van der Waals surface area contributed by atoms with E-state index in [1.54, 1.807) is 0 Å². The molecule has 0 radical (unpaired) electrons. The van der Waals surface area contributed by atoms with Crippen LogP contribution in [-0.2, 0) is 6.18 Å². The van der Waals surface area contributed by atoms with E-state index in [1.165, 1.54) is 0 Å². The molecule has 0 N–H and O–H groups in total. The first kappa shape index (κ1) is 11.7. The van der Waals surface area contributed by atoms with Gasteiger partial charge in [-0.1, -0.05) is 0 Å². The highest BCUT2D eigenvalue weighted by atomic mass is 19.4. The van der Waals surface area contributed by atoms with Crippen LogP contribution in [0.3, 0.4) is 0 Å². The second kappa shape index (κ2) is 4.04. The zero-order chi connectivity index (χ0) is 11.6. The van der Waals surface area contributed by atoms with E-state index in [0.717, 1.165) is 13.2 Å². The topological polar surface area (TPSA) is 9.23 Å². The number of hydrogen-bond donors (Lipinski definition) is 0. The number of halogens is 5. The summed E-state index contributed by atoms with van der Waals surface area (Å²) in [5.41, 5.74) is -1.85. The molecule has 6 heteroatoms. The van der Waals surface area contributed by atoms with Crippen molar-refractivity contribution in [2.24, 2.45) is 0 Å². The number of rotatable bonds is 2. The molecule has 0 aromatic heterocycles. The second-order valence-corrected chi connectivity index (χ2v) is 2.79. The molecule has 0 aliphatic heterocycles. The smallest absolute Gasteiger partial charge is 0.416 e. The molecule has 0 heterocycles. The first-order valence-electron chi connectivity index (χ1n) is 3.89. The molecule has 1 aromatic carbocycles. The van der Waals surface area contributed by atoms with E-state index in [1.807, 2.05) is 0 Å². The van der Waals surface area contributed by atoms with Crippen LogP contribution >= 0.6 is 0 Å². The van der Waals surface area contributed by atoms with E-state index < -0.39 is 23.7 Å². The highest BCUT2D eigenvalue weighted by Gasteiger charge is 2.32. The van der Waals surface area contributed by atoms with Crippen LogP contribution in [0.4, 0.5) is 22.0 Å². The molecule has 84 valence electrons. The van der Waals surface area contributed by atoms with E-state index in [2.05, 4.69) is 4.74 Å². The second-order valence-electron chi connectivity index (χ2n) is 2.79. The van der Waals surface area contributed by atoms with Crippen LogP contribution in [0, 0.1) is 0 Å². The molecule has 1 rings (SSSR count). The quantitative estimate of drug-likeness (QED) is 0.699. The molecule has 0 spiro atoms. The van der Waals surface area contributed by atoms with Gasteiger partial charge >= 0.3 is 6.18 Å². The molecule has 0 amide bonds. The lowest BCUT2D eigenvalue weighted by Crippen LogP contribution is -2.06. The predicted molar refractivity (Wildman–Crippen MR) is 43.0 cm³/mol. The van der Waals surface area contributed by atoms with Crippen LogP contribution in [-0.4, -0.2) is 7.11 Å². The van der Waals surface area contributed by atoms with Gasteiger partial charge in [-0.05, 0) is 18.2 Å². The summed E-state index contributed by atoms with van der Waals surface area (Å²) in [6.45, 7) is 0. The Balaban J connectivity index is 3.23. The molecule has 0 saturated carbocycles. The van der Waals surface area contributed by atoms with Crippen molar-refractivity contribution in [1.29, 1.82) is 0 Å². The monoisotopic (exact) mass is 226 g/mol. The van der Waals surface area contributed by atoms with Crippen LogP contribution in [0.5, 0.6) is 5.75 Å². The van der Waals surface area contributed by atoms with Gasteiger partial charge in [0.1, 0.15) is 5.75 Å². The van der Waals surface area contributed by atoms with Crippen LogP contribution < -0.4 is 4.74 Å². The molecular weight excluding hydrogens is 219 g/mol. The maximum absolute atomic E-state index is 12.2. The van der Waals surface area contributed by atoms with Crippen molar-refractivity contribution < 1.29 is 26.7 Å². The first-order chi connectivity index (χ1) is 6.84. The average Bonchev–Trinajstić information content (AvgIpc) is 2.15. The SMILES string of the molecule is COc1cc(C(F)F)cc(C(F)(F)F)c1. The lowest BCUT2D eigenvalue weighted by Gasteiger charge is -2.11. The van der Waals surface area contributed by atoms with Gasteiger partial charge in [0.2, 0.25) is 0 Å². The van der Waals surface area contributed by atoms with E-state index in [9.17, 15) is 22.0 Å². The van der Waals surface area contributed by atoms with Crippen molar-refractivity contribution in [3.63, 3.8) is 0 Å². The molecule has 0 fully saturated rings. The Bertz CT molecular complexity index is 345. The summed E-state index contributed by atoms with van der Waals surface area (Å²) in [5, 5.41) is 0. The summed E-state index contributed by atoms with van der Waals surface area (Å²) in [4.78, 5) is 0. The average molecular weight is 226 g/mol. The first-order valence-corrected chi connectivity index (χ1v) is 3.89. The largest absolute Gasteiger partial charge is 0.497 e. The highest BCUT2D eigenvalue weighted by Crippen LogP contribution is 2.34. The number of benzene rings is 1. The Hall–Kier alpha value is -1.33. The van der Waals surface area contributed by atoms with Gasteiger partial charge in [-0.25, -0.2) is 8.78 Å². The third-order valence-corrected chi connectivity index (χ3v) is 1.74. The third kappa shape index (κ3) is 2.81. The Morgan fingerprint density at radius 3 is 2.13 bits per heavy atom.